The Morgan fingerprint density at radius 3 is 1.20 bits per heavy atom. The van der Waals surface area contributed by atoms with E-state index in [1.54, 1.807) is 50.6 Å². The number of benzene rings is 5. The van der Waals surface area contributed by atoms with Gasteiger partial charge in [0.05, 0.1) is 69.2 Å². The van der Waals surface area contributed by atoms with Crippen molar-refractivity contribution in [3.8, 4) is 11.5 Å². The van der Waals surface area contributed by atoms with Crippen molar-refractivity contribution in [3.63, 3.8) is 0 Å². The molecule has 32 heteroatoms. The van der Waals surface area contributed by atoms with E-state index in [1.165, 1.54) is 30.5 Å². The fourth-order valence-electron chi connectivity index (χ4n) is 11.9. The fourth-order valence-corrected chi connectivity index (χ4v) is 14.2. The maximum absolute atomic E-state index is 13.2. The monoisotopic (exact) mass is 1710 g/mol. The van der Waals surface area contributed by atoms with E-state index in [0.29, 0.717) is 101 Å². The number of aromatic nitrogens is 4. The van der Waals surface area contributed by atoms with Crippen molar-refractivity contribution < 1.29 is 52.3 Å². The zero-order valence-electron chi connectivity index (χ0n) is 64.4. The van der Waals surface area contributed by atoms with Crippen molar-refractivity contribution in [2.24, 2.45) is 26.2 Å². The number of dihydropyridines is 1. The fraction of sp³-hybridized carbons (Fsp3) is 0.362. The molecule has 7 aromatic rings. The molecule has 112 heavy (non-hydrogen) atoms. The molecule has 1 saturated heterocycles. The molecular weight excluding hydrogens is 1630 g/mol. The lowest BCUT2D eigenvalue weighted by Gasteiger charge is -2.32. The van der Waals surface area contributed by atoms with Gasteiger partial charge in [-0.3, -0.25) is 48.1 Å². The van der Waals surface area contributed by atoms with Crippen LogP contribution in [0.15, 0.2) is 139 Å². The van der Waals surface area contributed by atoms with E-state index in [-0.39, 0.29) is 112 Å². The van der Waals surface area contributed by atoms with E-state index in [4.69, 9.17) is 88.4 Å². The van der Waals surface area contributed by atoms with Crippen LogP contribution in [0.4, 0.5) is 0 Å². The van der Waals surface area contributed by atoms with Crippen molar-refractivity contribution in [2.45, 2.75) is 144 Å². The number of ketones is 4. The Bertz CT molecular complexity index is 5110. The summed E-state index contributed by atoms with van der Waals surface area (Å²) in [7, 11) is 7.15. The van der Waals surface area contributed by atoms with Gasteiger partial charge in [-0.2, -0.15) is 25.5 Å². The van der Waals surface area contributed by atoms with Crippen molar-refractivity contribution in [1.29, 1.82) is 0 Å². The van der Waals surface area contributed by atoms with Gasteiger partial charge in [0.1, 0.15) is 29.5 Å². The predicted molar refractivity (Wildman–Crippen MR) is 441 cm³/mol. The first-order valence-corrected chi connectivity index (χ1v) is 38.6. The lowest BCUT2D eigenvalue weighted by molar-refractivity contribution is -0.135. The third-order valence-corrected chi connectivity index (χ3v) is 21.8. The molecule has 5 aliphatic heterocycles. The van der Waals surface area contributed by atoms with Gasteiger partial charge in [-0.25, -0.2) is 24.4 Å². The highest BCUT2D eigenvalue weighted by Crippen LogP contribution is 2.38. The largest absolute Gasteiger partial charge is 0.497 e. The van der Waals surface area contributed by atoms with Crippen LogP contribution < -0.4 is 26.1 Å². The van der Waals surface area contributed by atoms with E-state index in [2.05, 4.69) is 46.4 Å². The van der Waals surface area contributed by atoms with Gasteiger partial charge >= 0.3 is 7.12 Å². The van der Waals surface area contributed by atoms with Crippen LogP contribution in [-0.4, -0.2) is 157 Å². The molecule has 0 unspecified atom stereocenters. The Kier molecular flexibility index (Phi) is 28.8. The quantitative estimate of drug-likeness (QED) is 0.0570. The van der Waals surface area contributed by atoms with Gasteiger partial charge in [0.2, 0.25) is 17.7 Å². The van der Waals surface area contributed by atoms with Crippen molar-refractivity contribution in [1.82, 2.24) is 34.6 Å². The summed E-state index contributed by atoms with van der Waals surface area (Å²) in [4.78, 5) is 112. The van der Waals surface area contributed by atoms with E-state index in [1.807, 2.05) is 136 Å². The summed E-state index contributed by atoms with van der Waals surface area (Å²) < 4.78 is 25.9. The SMILES string of the molecule is CC(C)C1=CC(Cc2c(Cl)cc(C3=NN(C)C(=O)CC3=O)cc2Cl)=NCC1=O.CN1N=C(Br)C(=O)CC1=O.COc1ccc(Cn2nc(Cc3c(Cl)cc(B4OC(C)(C)C(C)(C)O4)cc3Cl)cc(C(C)C)c2=O)cc1.COc1ccc(Cn2nc(Cc3c(Cl)cc(C4=NN(C)C(=O)CC4=O)cc3Cl)cc(C(C)C)c2=O)cc1. The van der Waals surface area contributed by atoms with Gasteiger partial charge in [-0.05, 0) is 174 Å². The highest BCUT2D eigenvalue weighted by molar-refractivity contribution is 9.19. The number of ether oxygens (including phenoxy) is 2. The molecule has 24 nitrogen and oxygen atoms in total. The molecule has 7 heterocycles. The van der Waals surface area contributed by atoms with Crippen LogP contribution in [0.25, 0.3) is 0 Å². The number of hydrogen-bond donors (Lipinski definition) is 0. The first-order valence-electron chi connectivity index (χ1n) is 35.5. The first-order chi connectivity index (χ1) is 52.7. The standard InChI is InChI=1S/C28H33BCl2N2O4.C27H26Cl2N4O4.C20H19Cl2N3O3.C5H5BrN2O2/c1-17(2)22-14-20(32-33(26(22)34)16-18-8-10-21(35-7)11-9-18)15-23-24(30)12-19(13-25(23)31)29-36-27(3,4)28(5,6)37-29;1-15(2)20-11-18(30-33(27(20)36)14-16-5-7-19(37-4)8-6-16)12-21-22(28)9-17(10-23(21)29)26-24(34)13-25(35)32(3)31-26;1-10(2)13-6-12(23-9-18(13)27)7-14-15(21)4-11(5-16(14)22)20-17(26)8-19(28)25(3)24-20;1-8-4(10)2-3(9)5(6)7-8/h8-14,17H,15-16H2,1-7H3;5-11,15H,12-14H2,1-4H3;4-6,10H,7-9H2,1-3H3;2H2,1H3. The number of aliphatic imine (C=N–C) groups is 1. The summed E-state index contributed by atoms with van der Waals surface area (Å²) in [5, 5.41) is 26.8. The molecule has 3 amide bonds. The summed E-state index contributed by atoms with van der Waals surface area (Å²) in [6.07, 6.45) is 2.25. The lowest BCUT2D eigenvalue weighted by Crippen LogP contribution is -2.41. The number of hydrogen-bond acceptors (Lipinski definition) is 19. The Balaban J connectivity index is 0.000000183. The lowest BCUT2D eigenvalue weighted by atomic mass is 9.78. The molecule has 0 atom stereocenters. The van der Waals surface area contributed by atoms with Gasteiger partial charge in [-0.1, -0.05) is 135 Å². The van der Waals surface area contributed by atoms with Crippen LogP contribution in [0.1, 0.15) is 162 Å². The van der Waals surface area contributed by atoms with Crippen LogP contribution in [-0.2, 0) is 75.2 Å². The number of carbonyl (C=O) groups is 7. The Morgan fingerprint density at radius 2 is 0.839 bits per heavy atom. The first kappa shape index (κ1) is 87.1. The second-order valence-corrected chi connectivity index (χ2v) is 32.1. The van der Waals surface area contributed by atoms with Crippen molar-refractivity contribution in [2.75, 3.05) is 41.9 Å². The van der Waals surface area contributed by atoms with Crippen LogP contribution in [0.5, 0.6) is 11.5 Å². The van der Waals surface area contributed by atoms with Gasteiger partial charge < -0.3 is 18.8 Å². The normalized spacial score (nSPS) is 16.2. The number of carbonyl (C=O) groups excluding carboxylic acids is 7. The van der Waals surface area contributed by atoms with Gasteiger partial charge in [0, 0.05) is 104 Å². The number of halogens is 7. The predicted octanol–water partition coefficient (Wildman–Crippen LogP) is 13.5. The zero-order valence-corrected chi connectivity index (χ0v) is 70.5. The van der Waals surface area contributed by atoms with Gasteiger partial charge in [0.15, 0.2) is 27.8 Å². The van der Waals surface area contributed by atoms with Crippen molar-refractivity contribution >= 4 is 161 Å². The van der Waals surface area contributed by atoms with Crippen LogP contribution in [0, 0.1) is 5.92 Å². The molecule has 588 valence electrons. The average Bonchev–Trinajstić information content (AvgIpc) is 1.58. The van der Waals surface area contributed by atoms with Crippen LogP contribution in [0.3, 0.4) is 0 Å². The minimum absolute atomic E-state index is 0.0142. The summed E-state index contributed by atoms with van der Waals surface area (Å²) in [5.74, 6) is -0.385. The molecule has 5 aliphatic rings. The third kappa shape index (κ3) is 21.1. The number of hydrazone groups is 3. The molecule has 12 rings (SSSR count). The molecule has 0 bridgehead atoms. The molecule has 0 spiro atoms. The minimum atomic E-state index is -0.564. The maximum Gasteiger partial charge on any atom is 0.494 e. The van der Waals surface area contributed by atoms with E-state index in [9.17, 15) is 43.2 Å². The Labute approximate surface area is 687 Å². The third-order valence-electron chi connectivity index (χ3n) is 19.1. The number of Topliss-reactive ketones (excluding diaryl/α,β-unsaturated/α-hetero) is 4. The second kappa shape index (κ2) is 37.0. The summed E-state index contributed by atoms with van der Waals surface area (Å²) >= 11 is 42.5. The molecule has 0 saturated carbocycles. The molecule has 0 aliphatic carbocycles. The number of amides is 3. The van der Waals surface area contributed by atoms with Crippen molar-refractivity contribution in [3.05, 3.63) is 221 Å². The topological polar surface area (TPSA) is 285 Å². The summed E-state index contributed by atoms with van der Waals surface area (Å²) in [6, 6.07) is 28.8. The zero-order chi connectivity index (χ0) is 82.3. The molecule has 1 fully saturated rings. The van der Waals surface area contributed by atoms with Crippen LogP contribution in [0.2, 0.25) is 30.1 Å². The maximum atomic E-state index is 13.2. The molecule has 0 N–H and O–H groups in total. The number of nitrogens with zero attached hydrogens (tertiary/aromatic N) is 11. The smallest absolute Gasteiger partial charge is 0.494 e. The van der Waals surface area contributed by atoms with Gasteiger partial charge in [0.25, 0.3) is 11.1 Å². The number of rotatable bonds is 18. The Hall–Kier alpha value is -8.83. The second-order valence-electron chi connectivity index (χ2n) is 28.9. The van der Waals surface area contributed by atoms with E-state index < -0.39 is 24.1 Å². The highest BCUT2D eigenvalue weighted by Gasteiger charge is 2.52. The number of methoxy groups -OCH3 is 2. The molecule has 5 aromatic carbocycles. The Morgan fingerprint density at radius 1 is 0.482 bits per heavy atom. The summed E-state index contributed by atoms with van der Waals surface area (Å²) in [6.45, 7) is 20.6. The highest BCUT2D eigenvalue weighted by atomic mass is 79.9. The molecule has 2 aromatic heterocycles. The van der Waals surface area contributed by atoms with E-state index in [0.717, 1.165) is 60.0 Å². The molecular formula is C80H83BBrCl6N11O13. The van der Waals surface area contributed by atoms with Gasteiger partial charge in [-0.15, -0.1) is 0 Å². The summed E-state index contributed by atoms with van der Waals surface area (Å²) in [5.41, 5.74) is 8.74. The average molecular weight is 1710 g/mol. The van der Waals surface area contributed by atoms with E-state index >= 15 is 0 Å². The minimum Gasteiger partial charge on any atom is -0.497 e. The molecule has 0 radical (unpaired) electrons. The van der Waals surface area contributed by atoms with Crippen LogP contribution >= 0.6 is 85.5 Å². The number of allylic oxidation sites excluding steroid dienone is 1.